The Morgan fingerprint density at radius 1 is 1.27 bits per heavy atom. The van der Waals surface area contributed by atoms with E-state index < -0.39 is 45.2 Å². The van der Waals surface area contributed by atoms with Crippen LogP contribution in [-0.2, 0) is 21.2 Å². The summed E-state index contributed by atoms with van der Waals surface area (Å²) in [5.74, 6) is -1.92. The monoisotopic (exact) mass is 500 g/mol. The molecule has 3 rings (SSSR count). The Morgan fingerprint density at radius 3 is 2.58 bits per heavy atom. The SMILES string of the molecule is CCS(=O)(=O)N[C@H]1CCN(C(=O)C(C)(C)O)[C@H]1Cc1cccc(-c2cc(F)cc(Cl)c2)c1F. The molecule has 33 heavy (non-hydrogen) atoms. The number of likely N-dealkylation sites (tertiary alicyclic amines) is 1. The van der Waals surface area contributed by atoms with Crippen LogP contribution in [0.1, 0.15) is 32.8 Å². The topological polar surface area (TPSA) is 86.7 Å². The largest absolute Gasteiger partial charge is 0.381 e. The van der Waals surface area contributed by atoms with Crippen LogP contribution in [0.3, 0.4) is 0 Å². The first-order valence-electron chi connectivity index (χ1n) is 10.6. The highest BCUT2D eigenvalue weighted by Crippen LogP contribution is 2.31. The van der Waals surface area contributed by atoms with Crippen molar-refractivity contribution in [2.75, 3.05) is 12.3 Å². The van der Waals surface area contributed by atoms with E-state index in [0.717, 1.165) is 6.07 Å². The zero-order valence-electron chi connectivity index (χ0n) is 18.6. The third-order valence-electron chi connectivity index (χ3n) is 5.72. The van der Waals surface area contributed by atoms with Crippen LogP contribution in [0.15, 0.2) is 36.4 Å². The highest BCUT2D eigenvalue weighted by molar-refractivity contribution is 7.89. The van der Waals surface area contributed by atoms with E-state index in [1.165, 1.54) is 49.9 Å². The lowest BCUT2D eigenvalue weighted by Crippen LogP contribution is -2.52. The molecule has 1 aliphatic heterocycles. The van der Waals surface area contributed by atoms with Gasteiger partial charge in [-0.05, 0) is 62.9 Å². The number of rotatable bonds is 7. The van der Waals surface area contributed by atoms with Gasteiger partial charge < -0.3 is 10.0 Å². The number of carbonyl (C=O) groups excluding carboxylic acids is 1. The second kappa shape index (κ2) is 9.66. The molecule has 1 aliphatic rings. The molecule has 0 bridgehead atoms. The highest BCUT2D eigenvalue weighted by atomic mass is 35.5. The van der Waals surface area contributed by atoms with Gasteiger partial charge in [0, 0.05) is 23.2 Å². The molecule has 2 atom stereocenters. The molecule has 10 heteroatoms. The second-order valence-electron chi connectivity index (χ2n) is 8.68. The first-order valence-corrected chi connectivity index (χ1v) is 12.6. The Balaban J connectivity index is 2.00. The lowest BCUT2D eigenvalue weighted by molar-refractivity contribution is -0.148. The van der Waals surface area contributed by atoms with Gasteiger partial charge in [0.15, 0.2) is 0 Å². The molecule has 2 aromatic carbocycles. The lowest BCUT2D eigenvalue weighted by atomic mass is 9.95. The summed E-state index contributed by atoms with van der Waals surface area (Å²) in [4.78, 5) is 14.2. The third-order valence-corrected chi connectivity index (χ3v) is 7.36. The number of hydrogen-bond acceptors (Lipinski definition) is 4. The molecule has 0 aliphatic carbocycles. The van der Waals surface area contributed by atoms with Crippen LogP contribution in [0.25, 0.3) is 11.1 Å². The van der Waals surface area contributed by atoms with E-state index in [0.29, 0.717) is 6.42 Å². The minimum atomic E-state index is -3.58. The summed E-state index contributed by atoms with van der Waals surface area (Å²) in [5.41, 5.74) is -1.04. The van der Waals surface area contributed by atoms with Crippen LogP contribution < -0.4 is 4.72 Å². The molecule has 1 saturated heterocycles. The maximum absolute atomic E-state index is 15.5. The van der Waals surface area contributed by atoms with Gasteiger partial charge in [-0.1, -0.05) is 29.8 Å². The lowest BCUT2D eigenvalue weighted by Gasteiger charge is -2.32. The summed E-state index contributed by atoms with van der Waals surface area (Å²) in [6.45, 7) is 4.42. The van der Waals surface area contributed by atoms with Crippen LogP contribution >= 0.6 is 11.6 Å². The summed E-state index contributed by atoms with van der Waals surface area (Å²) < 4.78 is 56.4. The van der Waals surface area contributed by atoms with Crippen LogP contribution in [0.5, 0.6) is 0 Å². The Morgan fingerprint density at radius 2 is 1.97 bits per heavy atom. The van der Waals surface area contributed by atoms with E-state index in [9.17, 15) is 22.7 Å². The van der Waals surface area contributed by atoms with E-state index in [4.69, 9.17) is 11.6 Å². The normalized spacial score (nSPS) is 19.2. The predicted molar refractivity (Wildman–Crippen MR) is 123 cm³/mol. The van der Waals surface area contributed by atoms with Crippen molar-refractivity contribution in [2.24, 2.45) is 0 Å². The number of benzene rings is 2. The minimum absolute atomic E-state index is 0.00143. The van der Waals surface area contributed by atoms with Crippen LogP contribution in [0, 0.1) is 11.6 Å². The molecule has 0 unspecified atom stereocenters. The van der Waals surface area contributed by atoms with Crippen molar-refractivity contribution in [3.05, 3.63) is 58.6 Å². The fraction of sp³-hybridized carbons (Fsp3) is 0.435. The van der Waals surface area contributed by atoms with Gasteiger partial charge >= 0.3 is 0 Å². The van der Waals surface area contributed by atoms with Crippen LogP contribution in [0.4, 0.5) is 8.78 Å². The maximum Gasteiger partial charge on any atom is 0.254 e. The summed E-state index contributed by atoms with van der Waals surface area (Å²) in [6.07, 6.45) is 0.327. The number of aliphatic hydroxyl groups is 1. The molecule has 1 amide bonds. The molecule has 1 fully saturated rings. The third kappa shape index (κ3) is 5.90. The zero-order chi connectivity index (χ0) is 24.6. The number of amides is 1. The molecule has 0 spiro atoms. The molecule has 2 aromatic rings. The first kappa shape index (κ1) is 25.6. The zero-order valence-corrected chi connectivity index (χ0v) is 20.2. The smallest absolute Gasteiger partial charge is 0.254 e. The number of sulfonamides is 1. The van der Waals surface area contributed by atoms with E-state index >= 15 is 4.39 Å². The Bertz CT molecular complexity index is 1130. The summed E-state index contributed by atoms with van der Waals surface area (Å²) in [6, 6.07) is 7.02. The van der Waals surface area contributed by atoms with Gasteiger partial charge in [-0.25, -0.2) is 21.9 Å². The average Bonchev–Trinajstić information content (AvgIpc) is 3.08. The molecule has 0 radical (unpaired) electrons. The highest BCUT2D eigenvalue weighted by Gasteiger charge is 2.43. The van der Waals surface area contributed by atoms with Crippen molar-refractivity contribution in [3.8, 4) is 11.1 Å². The van der Waals surface area contributed by atoms with Gasteiger partial charge in [0.2, 0.25) is 10.0 Å². The Kier molecular flexibility index (Phi) is 7.48. The quantitative estimate of drug-likeness (QED) is 0.609. The van der Waals surface area contributed by atoms with Crippen molar-refractivity contribution in [3.63, 3.8) is 0 Å². The van der Waals surface area contributed by atoms with Gasteiger partial charge in [-0.2, -0.15) is 0 Å². The summed E-state index contributed by atoms with van der Waals surface area (Å²) in [5, 5.41) is 10.4. The molecule has 6 nitrogen and oxygen atoms in total. The predicted octanol–water partition coefficient (Wildman–Crippen LogP) is 3.51. The van der Waals surface area contributed by atoms with E-state index in [1.807, 2.05) is 0 Å². The van der Waals surface area contributed by atoms with Crippen LogP contribution in [-0.4, -0.2) is 54.3 Å². The summed E-state index contributed by atoms with van der Waals surface area (Å²) in [7, 11) is -3.58. The number of hydrogen-bond donors (Lipinski definition) is 2. The van der Waals surface area contributed by atoms with Gasteiger partial charge in [0.25, 0.3) is 5.91 Å². The van der Waals surface area contributed by atoms with Gasteiger partial charge in [-0.3, -0.25) is 4.79 Å². The molecular weight excluding hydrogens is 474 g/mol. The van der Waals surface area contributed by atoms with E-state index in [1.54, 1.807) is 6.07 Å². The van der Waals surface area contributed by atoms with Crippen molar-refractivity contribution in [2.45, 2.75) is 51.3 Å². The fourth-order valence-electron chi connectivity index (χ4n) is 4.06. The minimum Gasteiger partial charge on any atom is -0.381 e. The molecular formula is C23H27ClF2N2O4S. The number of halogens is 3. The molecule has 180 valence electrons. The van der Waals surface area contributed by atoms with Crippen LogP contribution in [0.2, 0.25) is 5.02 Å². The summed E-state index contributed by atoms with van der Waals surface area (Å²) >= 11 is 5.93. The first-order chi connectivity index (χ1) is 15.3. The van der Waals surface area contributed by atoms with Crippen molar-refractivity contribution in [1.29, 1.82) is 0 Å². The average molecular weight is 501 g/mol. The van der Waals surface area contributed by atoms with Gasteiger partial charge in [-0.15, -0.1) is 0 Å². The van der Waals surface area contributed by atoms with Gasteiger partial charge in [0.05, 0.1) is 11.8 Å². The van der Waals surface area contributed by atoms with E-state index in [2.05, 4.69) is 4.72 Å². The van der Waals surface area contributed by atoms with Crippen molar-refractivity contribution in [1.82, 2.24) is 9.62 Å². The van der Waals surface area contributed by atoms with Crippen molar-refractivity contribution < 1.29 is 27.1 Å². The van der Waals surface area contributed by atoms with Gasteiger partial charge in [0.1, 0.15) is 17.2 Å². The molecule has 0 saturated carbocycles. The van der Waals surface area contributed by atoms with E-state index in [-0.39, 0.29) is 40.4 Å². The maximum atomic E-state index is 15.5. The standard InChI is InChI=1S/C23H27ClF2N2O4S/c1-4-33(31,32)27-19-8-9-28(22(29)23(2,3)30)20(19)12-14-6-5-7-18(21(14)26)15-10-16(24)13-17(25)11-15/h5-7,10-11,13,19-20,27,30H,4,8-9,12H2,1-3H3/t19-,20-/m0/s1. The number of carbonyl (C=O) groups is 1. The Labute approximate surface area is 197 Å². The van der Waals surface area contributed by atoms with Crippen molar-refractivity contribution >= 4 is 27.5 Å². The number of nitrogens with one attached hydrogen (secondary N) is 1. The Hall–Kier alpha value is -2.07. The molecule has 1 heterocycles. The fourth-order valence-corrected chi connectivity index (χ4v) is 5.18. The second-order valence-corrected chi connectivity index (χ2v) is 11.2. The molecule has 2 N–H and O–H groups in total. The number of nitrogens with zero attached hydrogens (tertiary/aromatic N) is 1. The molecule has 0 aromatic heterocycles.